The number of methoxy groups -OCH3 is 2. The molecule has 2 aromatic carbocycles. The number of carbonyl (C=O) groups is 1. The van der Waals surface area contributed by atoms with Crippen molar-refractivity contribution in [2.24, 2.45) is 0 Å². The number of hydrogen-bond acceptors (Lipinski definition) is 4. The van der Waals surface area contributed by atoms with E-state index in [1.165, 1.54) is 20.3 Å². The van der Waals surface area contributed by atoms with Crippen molar-refractivity contribution >= 4 is 5.97 Å². The average Bonchev–Trinajstić information content (AvgIpc) is 2.56. The maximum atomic E-state index is 13.9. The lowest BCUT2D eigenvalue weighted by Crippen LogP contribution is -2.11. The van der Waals surface area contributed by atoms with Crippen LogP contribution in [0.15, 0.2) is 54.5 Å². The molecule has 5 heteroatoms. The molecule has 0 atom stereocenters. The molecule has 0 unspecified atom stereocenters. The van der Waals surface area contributed by atoms with E-state index < -0.39 is 5.97 Å². The molecule has 2 aromatic rings. The van der Waals surface area contributed by atoms with Gasteiger partial charge in [-0.15, -0.1) is 0 Å². The van der Waals surface area contributed by atoms with Crippen LogP contribution >= 0.6 is 0 Å². The van der Waals surface area contributed by atoms with Gasteiger partial charge in [0.1, 0.15) is 17.8 Å². The van der Waals surface area contributed by atoms with Gasteiger partial charge in [-0.3, -0.25) is 0 Å². The van der Waals surface area contributed by atoms with E-state index in [2.05, 4.69) is 4.74 Å². The zero-order chi connectivity index (χ0) is 16.8. The molecule has 0 spiro atoms. The molecule has 0 N–H and O–H groups in total. The standard InChI is InChI=1S/C18H17FO4/c1-12-8-9-13(14-6-4-5-7-15(14)19)10-16(12)23-17(11-21-2)18(20)22-3/h4-11H,1-3H3/b17-11-. The van der Waals surface area contributed by atoms with Crippen molar-refractivity contribution in [1.29, 1.82) is 0 Å². The summed E-state index contributed by atoms with van der Waals surface area (Å²) in [4.78, 5) is 11.7. The summed E-state index contributed by atoms with van der Waals surface area (Å²) in [5, 5.41) is 0. The second-order valence-electron chi connectivity index (χ2n) is 4.77. The molecule has 0 aliphatic carbocycles. The topological polar surface area (TPSA) is 44.8 Å². The second kappa shape index (κ2) is 7.45. The van der Waals surface area contributed by atoms with E-state index in [-0.39, 0.29) is 11.6 Å². The molecule has 4 nitrogen and oxygen atoms in total. The predicted octanol–water partition coefficient (Wildman–Crippen LogP) is 3.84. The lowest BCUT2D eigenvalue weighted by Gasteiger charge is -2.12. The highest BCUT2D eigenvalue weighted by Gasteiger charge is 2.15. The molecular formula is C18H17FO4. The number of benzene rings is 2. The van der Waals surface area contributed by atoms with Crippen LogP contribution in [0.3, 0.4) is 0 Å². The summed E-state index contributed by atoms with van der Waals surface area (Å²) >= 11 is 0. The SMILES string of the molecule is CO/C=C(\Oc1cc(-c2ccccc2F)ccc1C)C(=O)OC. The van der Waals surface area contributed by atoms with Crippen LogP contribution in [0.5, 0.6) is 5.75 Å². The highest BCUT2D eigenvalue weighted by atomic mass is 19.1. The Hall–Kier alpha value is -2.82. The number of aryl methyl sites for hydroxylation is 1. The summed E-state index contributed by atoms with van der Waals surface area (Å²) in [7, 11) is 2.65. The van der Waals surface area contributed by atoms with Gasteiger partial charge in [-0.1, -0.05) is 30.3 Å². The molecule has 0 aliphatic rings. The molecule has 0 saturated carbocycles. The van der Waals surface area contributed by atoms with E-state index in [1.807, 2.05) is 6.92 Å². The fourth-order valence-corrected chi connectivity index (χ4v) is 2.01. The first kappa shape index (κ1) is 16.5. The first-order valence-electron chi connectivity index (χ1n) is 6.91. The largest absolute Gasteiger partial charge is 0.500 e. The molecule has 0 saturated heterocycles. The van der Waals surface area contributed by atoms with Crippen molar-refractivity contribution < 1.29 is 23.4 Å². The third-order valence-electron chi connectivity index (χ3n) is 3.20. The molecule has 0 fully saturated rings. The Balaban J connectivity index is 2.40. The van der Waals surface area contributed by atoms with Gasteiger partial charge in [0.2, 0.25) is 5.76 Å². The minimum absolute atomic E-state index is 0.0937. The minimum Gasteiger partial charge on any atom is -0.500 e. The number of rotatable bonds is 5. The van der Waals surface area contributed by atoms with Crippen LogP contribution in [0.4, 0.5) is 4.39 Å². The van der Waals surface area contributed by atoms with Gasteiger partial charge in [0, 0.05) is 5.56 Å². The lowest BCUT2D eigenvalue weighted by molar-refractivity contribution is -0.138. The van der Waals surface area contributed by atoms with Crippen molar-refractivity contribution in [3.63, 3.8) is 0 Å². The molecule has 120 valence electrons. The summed E-state index contributed by atoms with van der Waals surface area (Å²) in [6.07, 6.45) is 1.15. The van der Waals surface area contributed by atoms with Crippen LogP contribution in [0.2, 0.25) is 0 Å². The minimum atomic E-state index is -0.664. The number of carbonyl (C=O) groups excluding carboxylic acids is 1. The van der Waals surface area contributed by atoms with E-state index >= 15 is 0 Å². The Kier molecular flexibility index (Phi) is 5.36. The van der Waals surface area contributed by atoms with Crippen LogP contribution in [0, 0.1) is 12.7 Å². The van der Waals surface area contributed by atoms with E-state index in [0.717, 1.165) is 11.8 Å². The molecule has 0 aliphatic heterocycles. The zero-order valence-electron chi connectivity index (χ0n) is 13.1. The van der Waals surface area contributed by atoms with E-state index in [9.17, 15) is 9.18 Å². The Morgan fingerprint density at radius 3 is 2.52 bits per heavy atom. The van der Waals surface area contributed by atoms with E-state index in [4.69, 9.17) is 9.47 Å². The zero-order valence-corrected chi connectivity index (χ0v) is 13.1. The smallest absolute Gasteiger partial charge is 0.377 e. The predicted molar refractivity (Wildman–Crippen MR) is 84.3 cm³/mol. The Bertz CT molecular complexity index is 738. The van der Waals surface area contributed by atoms with Crippen LogP contribution in [-0.2, 0) is 14.3 Å². The lowest BCUT2D eigenvalue weighted by atomic mass is 10.0. The molecule has 2 rings (SSSR count). The molecule has 0 bridgehead atoms. The maximum absolute atomic E-state index is 13.9. The first-order valence-corrected chi connectivity index (χ1v) is 6.91. The van der Waals surface area contributed by atoms with E-state index in [0.29, 0.717) is 16.9 Å². The van der Waals surface area contributed by atoms with Crippen molar-refractivity contribution in [1.82, 2.24) is 0 Å². The molecule has 0 radical (unpaired) electrons. The Morgan fingerprint density at radius 1 is 1.13 bits per heavy atom. The van der Waals surface area contributed by atoms with Crippen LogP contribution in [-0.4, -0.2) is 20.2 Å². The molecule has 0 amide bonds. The van der Waals surface area contributed by atoms with Crippen LogP contribution in [0.1, 0.15) is 5.56 Å². The highest BCUT2D eigenvalue weighted by Crippen LogP contribution is 2.29. The van der Waals surface area contributed by atoms with Gasteiger partial charge in [0.25, 0.3) is 0 Å². The first-order chi connectivity index (χ1) is 11.1. The van der Waals surface area contributed by atoms with Crippen LogP contribution in [0.25, 0.3) is 11.1 Å². The maximum Gasteiger partial charge on any atom is 0.377 e. The molecule has 23 heavy (non-hydrogen) atoms. The Labute approximate surface area is 134 Å². The summed E-state index contributed by atoms with van der Waals surface area (Å²) in [5.41, 5.74) is 1.88. The van der Waals surface area contributed by atoms with Crippen molar-refractivity contribution in [3.05, 3.63) is 65.9 Å². The normalized spacial score (nSPS) is 11.0. The molecule has 0 heterocycles. The van der Waals surface area contributed by atoms with E-state index in [1.54, 1.807) is 36.4 Å². The van der Waals surface area contributed by atoms with Gasteiger partial charge in [0.15, 0.2) is 0 Å². The highest BCUT2D eigenvalue weighted by molar-refractivity contribution is 5.86. The number of hydrogen-bond donors (Lipinski definition) is 0. The van der Waals surface area contributed by atoms with Gasteiger partial charge in [0.05, 0.1) is 14.2 Å². The van der Waals surface area contributed by atoms with Gasteiger partial charge in [-0.2, -0.15) is 0 Å². The number of halogens is 1. The monoisotopic (exact) mass is 316 g/mol. The second-order valence-corrected chi connectivity index (χ2v) is 4.77. The van der Waals surface area contributed by atoms with Gasteiger partial charge < -0.3 is 14.2 Å². The molecule has 0 aromatic heterocycles. The summed E-state index contributed by atoms with van der Waals surface area (Å²) in [6, 6.07) is 11.7. The molecular weight excluding hydrogens is 299 g/mol. The summed E-state index contributed by atoms with van der Waals surface area (Å²) in [6.45, 7) is 1.82. The third kappa shape index (κ3) is 3.88. The van der Waals surface area contributed by atoms with Gasteiger partial charge >= 0.3 is 5.97 Å². The van der Waals surface area contributed by atoms with Crippen LogP contribution < -0.4 is 4.74 Å². The van der Waals surface area contributed by atoms with Crippen molar-refractivity contribution in [3.8, 4) is 16.9 Å². The quantitative estimate of drug-likeness (QED) is 0.477. The summed E-state index contributed by atoms with van der Waals surface area (Å²) in [5.74, 6) is -0.672. The van der Waals surface area contributed by atoms with Crippen molar-refractivity contribution in [2.45, 2.75) is 6.92 Å². The Morgan fingerprint density at radius 2 is 1.87 bits per heavy atom. The van der Waals surface area contributed by atoms with Gasteiger partial charge in [-0.25, -0.2) is 9.18 Å². The fraction of sp³-hybridized carbons (Fsp3) is 0.167. The average molecular weight is 316 g/mol. The van der Waals surface area contributed by atoms with Gasteiger partial charge in [-0.05, 0) is 30.2 Å². The fourth-order valence-electron chi connectivity index (χ4n) is 2.01. The summed E-state index contributed by atoms with van der Waals surface area (Å²) < 4.78 is 29.0. The number of ether oxygens (including phenoxy) is 3. The third-order valence-corrected chi connectivity index (χ3v) is 3.20. The van der Waals surface area contributed by atoms with Crippen molar-refractivity contribution in [2.75, 3.05) is 14.2 Å². The number of esters is 1.